The van der Waals surface area contributed by atoms with Crippen molar-refractivity contribution in [1.82, 2.24) is 15.1 Å². The van der Waals surface area contributed by atoms with Crippen LogP contribution >= 0.6 is 0 Å². The number of hydrogen-bond acceptors (Lipinski definition) is 5. The van der Waals surface area contributed by atoms with Crippen molar-refractivity contribution in [2.45, 2.75) is 38.8 Å². The Morgan fingerprint density at radius 2 is 2.05 bits per heavy atom. The topological polar surface area (TPSA) is 89.2 Å². The molecule has 0 spiro atoms. The summed E-state index contributed by atoms with van der Waals surface area (Å²) in [5.74, 6) is 0.986. The number of furan rings is 1. The average Bonchev–Trinajstić information content (AvgIpc) is 2.95. The Morgan fingerprint density at radius 1 is 1.33 bits per heavy atom. The third-order valence-corrected chi connectivity index (χ3v) is 4.73. The first-order chi connectivity index (χ1) is 9.89. The highest BCUT2D eigenvalue weighted by molar-refractivity contribution is 7.92. The van der Waals surface area contributed by atoms with Crippen molar-refractivity contribution in [2.24, 2.45) is 0 Å². The summed E-state index contributed by atoms with van der Waals surface area (Å²) in [4.78, 5) is 0.193. The van der Waals surface area contributed by atoms with Crippen LogP contribution in [0, 0.1) is 13.8 Å². The van der Waals surface area contributed by atoms with Crippen molar-refractivity contribution < 1.29 is 12.8 Å². The molecule has 2 heterocycles. The van der Waals surface area contributed by atoms with Gasteiger partial charge in [-0.3, -0.25) is 9.40 Å². The molecule has 0 saturated heterocycles. The Kier molecular flexibility index (Phi) is 4.38. The SMILES string of the molecule is CCn1cc(NS(=O)(=O)c2c(C)oc(C)c2CNC)cn1. The number of nitrogens with zero attached hydrogens (tertiary/aromatic N) is 2. The van der Waals surface area contributed by atoms with Crippen molar-refractivity contribution in [3.8, 4) is 0 Å². The first-order valence-corrected chi connectivity index (χ1v) is 8.16. The number of nitrogens with one attached hydrogen (secondary N) is 2. The lowest BCUT2D eigenvalue weighted by molar-refractivity contribution is 0.494. The fourth-order valence-corrected chi connectivity index (χ4v) is 3.72. The zero-order valence-electron chi connectivity index (χ0n) is 12.6. The molecule has 8 heteroatoms. The molecule has 7 nitrogen and oxygen atoms in total. The first kappa shape index (κ1) is 15.6. The van der Waals surface area contributed by atoms with E-state index in [0.29, 0.717) is 35.9 Å². The van der Waals surface area contributed by atoms with Crippen LogP contribution in [0.1, 0.15) is 24.0 Å². The van der Waals surface area contributed by atoms with Gasteiger partial charge < -0.3 is 9.73 Å². The van der Waals surface area contributed by atoms with Crippen molar-refractivity contribution >= 4 is 15.7 Å². The highest BCUT2D eigenvalue weighted by Gasteiger charge is 2.26. The Labute approximate surface area is 124 Å². The van der Waals surface area contributed by atoms with E-state index in [1.165, 1.54) is 6.20 Å². The molecule has 0 bridgehead atoms. The number of aromatic nitrogens is 2. The van der Waals surface area contributed by atoms with Gasteiger partial charge in [-0.25, -0.2) is 8.42 Å². The summed E-state index contributed by atoms with van der Waals surface area (Å²) in [5, 5.41) is 7.01. The largest absolute Gasteiger partial charge is 0.465 e. The van der Waals surface area contributed by atoms with E-state index < -0.39 is 10.0 Å². The minimum Gasteiger partial charge on any atom is -0.465 e. The van der Waals surface area contributed by atoms with Crippen LogP contribution in [0.15, 0.2) is 21.7 Å². The quantitative estimate of drug-likeness (QED) is 0.846. The molecule has 0 unspecified atom stereocenters. The van der Waals surface area contributed by atoms with Crippen LogP contribution in [0.5, 0.6) is 0 Å². The molecule has 0 amide bonds. The molecular formula is C13H20N4O3S. The van der Waals surface area contributed by atoms with Crippen LogP contribution in [0.2, 0.25) is 0 Å². The number of anilines is 1. The van der Waals surface area contributed by atoms with Gasteiger partial charge in [0.05, 0.1) is 11.9 Å². The fourth-order valence-electron chi connectivity index (χ4n) is 2.24. The standard InChI is InChI=1S/C13H20N4O3S/c1-5-17-8-11(6-15-17)16-21(18,19)13-10(3)20-9(2)12(13)7-14-4/h6,8,14,16H,5,7H2,1-4H3. The summed E-state index contributed by atoms with van der Waals surface area (Å²) in [6.07, 6.45) is 3.14. The second-order valence-electron chi connectivity index (χ2n) is 4.74. The van der Waals surface area contributed by atoms with Crippen LogP contribution in [0.4, 0.5) is 5.69 Å². The lowest BCUT2D eigenvalue weighted by Gasteiger charge is -2.07. The van der Waals surface area contributed by atoms with Gasteiger partial charge in [0, 0.05) is 24.8 Å². The molecular weight excluding hydrogens is 292 g/mol. The number of aryl methyl sites for hydroxylation is 3. The fraction of sp³-hybridized carbons (Fsp3) is 0.462. The van der Waals surface area contributed by atoms with E-state index in [2.05, 4.69) is 15.1 Å². The summed E-state index contributed by atoms with van der Waals surface area (Å²) >= 11 is 0. The summed E-state index contributed by atoms with van der Waals surface area (Å²) in [6, 6.07) is 0. The molecule has 0 radical (unpaired) electrons. The lowest BCUT2D eigenvalue weighted by Crippen LogP contribution is -2.17. The third-order valence-electron chi connectivity index (χ3n) is 3.16. The molecule has 0 aliphatic carbocycles. The molecule has 116 valence electrons. The van der Waals surface area contributed by atoms with E-state index in [4.69, 9.17) is 4.42 Å². The maximum atomic E-state index is 12.6. The predicted molar refractivity (Wildman–Crippen MR) is 79.7 cm³/mol. The summed E-state index contributed by atoms with van der Waals surface area (Å²) in [6.45, 7) is 6.44. The van der Waals surface area contributed by atoms with Gasteiger partial charge in [0.1, 0.15) is 16.4 Å². The Hall–Kier alpha value is -1.80. The van der Waals surface area contributed by atoms with E-state index in [1.807, 2.05) is 6.92 Å². The maximum absolute atomic E-state index is 12.6. The molecule has 2 N–H and O–H groups in total. The highest BCUT2D eigenvalue weighted by atomic mass is 32.2. The zero-order valence-corrected chi connectivity index (χ0v) is 13.4. The van der Waals surface area contributed by atoms with Gasteiger partial charge in [0.25, 0.3) is 10.0 Å². The average molecular weight is 312 g/mol. The Morgan fingerprint density at radius 3 is 2.62 bits per heavy atom. The predicted octanol–water partition coefficient (Wildman–Crippen LogP) is 1.63. The molecule has 0 saturated carbocycles. The highest BCUT2D eigenvalue weighted by Crippen LogP contribution is 2.28. The normalized spacial score (nSPS) is 11.8. The van der Waals surface area contributed by atoms with E-state index in [9.17, 15) is 8.42 Å². The Balaban J connectivity index is 2.39. The molecule has 0 aliphatic heterocycles. The van der Waals surface area contributed by atoms with E-state index in [1.54, 1.807) is 31.8 Å². The monoisotopic (exact) mass is 312 g/mol. The van der Waals surface area contributed by atoms with Crippen molar-refractivity contribution in [3.05, 3.63) is 29.5 Å². The summed E-state index contributed by atoms with van der Waals surface area (Å²) in [5.41, 5.74) is 1.08. The van der Waals surface area contributed by atoms with Gasteiger partial charge in [0.2, 0.25) is 0 Å². The number of rotatable bonds is 6. The van der Waals surface area contributed by atoms with Crippen LogP contribution < -0.4 is 10.0 Å². The van der Waals surface area contributed by atoms with Crippen molar-refractivity contribution in [1.29, 1.82) is 0 Å². The molecule has 2 aromatic rings. The van der Waals surface area contributed by atoms with E-state index in [-0.39, 0.29) is 4.90 Å². The van der Waals surface area contributed by atoms with Crippen molar-refractivity contribution in [3.63, 3.8) is 0 Å². The molecule has 2 rings (SSSR count). The van der Waals surface area contributed by atoms with Crippen LogP contribution in [-0.4, -0.2) is 25.2 Å². The van der Waals surface area contributed by atoms with Gasteiger partial charge in [-0.05, 0) is 27.8 Å². The number of hydrogen-bond donors (Lipinski definition) is 2. The molecule has 0 aromatic carbocycles. The van der Waals surface area contributed by atoms with Gasteiger partial charge >= 0.3 is 0 Å². The molecule has 0 atom stereocenters. The summed E-state index contributed by atoms with van der Waals surface area (Å²) in [7, 11) is -1.95. The van der Waals surface area contributed by atoms with E-state index >= 15 is 0 Å². The second-order valence-corrected chi connectivity index (χ2v) is 6.36. The molecule has 0 fully saturated rings. The molecule has 2 aromatic heterocycles. The summed E-state index contributed by atoms with van der Waals surface area (Å²) < 4.78 is 34.9. The molecule has 21 heavy (non-hydrogen) atoms. The maximum Gasteiger partial charge on any atom is 0.265 e. The van der Waals surface area contributed by atoms with Gasteiger partial charge in [-0.15, -0.1) is 0 Å². The smallest absolute Gasteiger partial charge is 0.265 e. The van der Waals surface area contributed by atoms with Crippen LogP contribution in [-0.2, 0) is 23.1 Å². The van der Waals surface area contributed by atoms with Gasteiger partial charge in [-0.1, -0.05) is 0 Å². The van der Waals surface area contributed by atoms with Crippen LogP contribution in [0.3, 0.4) is 0 Å². The van der Waals surface area contributed by atoms with Gasteiger partial charge in [0.15, 0.2) is 0 Å². The minimum absolute atomic E-state index is 0.193. The third kappa shape index (κ3) is 3.11. The Bertz CT molecular complexity index is 731. The molecule has 0 aliphatic rings. The minimum atomic E-state index is -3.71. The number of sulfonamides is 1. The first-order valence-electron chi connectivity index (χ1n) is 6.67. The lowest BCUT2D eigenvalue weighted by atomic mass is 10.2. The second kappa shape index (κ2) is 5.90. The van der Waals surface area contributed by atoms with Crippen molar-refractivity contribution in [2.75, 3.05) is 11.8 Å². The zero-order chi connectivity index (χ0) is 15.6. The van der Waals surface area contributed by atoms with E-state index in [0.717, 1.165) is 0 Å². The van der Waals surface area contributed by atoms with Crippen LogP contribution in [0.25, 0.3) is 0 Å². The van der Waals surface area contributed by atoms with Gasteiger partial charge in [-0.2, -0.15) is 5.10 Å².